The Bertz CT molecular complexity index is 1030. The van der Waals surface area contributed by atoms with Gasteiger partial charge in [-0.2, -0.15) is 0 Å². The van der Waals surface area contributed by atoms with Crippen molar-refractivity contribution in [1.82, 2.24) is 0 Å². The van der Waals surface area contributed by atoms with Crippen molar-refractivity contribution in [3.8, 4) is 0 Å². The van der Waals surface area contributed by atoms with Gasteiger partial charge in [0.15, 0.2) is 11.6 Å². The third-order valence-electron chi connectivity index (χ3n) is 11.0. The highest BCUT2D eigenvalue weighted by atomic mass is 16.1. The Morgan fingerprint density at radius 2 is 1.33 bits per heavy atom. The quantitative estimate of drug-likeness (QED) is 0.561. The Balaban J connectivity index is 1.29. The molecule has 6 atom stereocenters. The van der Waals surface area contributed by atoms with Crippen molar-refractivity contribution in [1.29, 1.82) is 0 Å². The van der Waals surface area contributed by atoms with E-state index in [1.165, 1.54) is 6.42 Å². The van der Waals surface area contributed by atoms with Crippen LogP contribution in [0.4, 0.5) is 0 Å². The largest absolute Gasteiger partial charge is 0.294 e. The minimum absolute atomic E-state index is 0.0509. The van der Waals surface area contributed by atoms with Gasteiger partial charge in [-0.05, 0) is 88.7 Å². The maximum Gasteiger partial charge on any atom is 0.165 e. The first-order valence-corrected chi connectivity index (χ1v) is 11.7. The molecule has 156 valence electrons. The minimum atomic E-state index is -0.205. The molecule has 1 aromatic rings. The fraction of sp³-hybridized carbons (Fsp3) is 0.571. The molecule has 0 N–H and O–H groups in total. The van der Waals surface area contributed by atoms with Gasteiger partial charge in [-0.25, -0.2) is 0 Å². The van der Waals surface area contributed by atoms with Crippen LogP contribution in [0, 0.1) is 39.4 Å². The number of Topliss-reactive ketones (excluding diaryl/α,β-unsaturated/α-hetero) is 2. The number of hydrogen-bond acceptors (Lipinski definition) is 2. The SMILES string of the molecule is CC12CCC(C(=Cc3ccc(C=C4C(=O)C5(C)CC6CC4C65C)cc3)C1=O)C2(C)C. The molecule has 5 aliphatic rings. The van der Waals surface area contributed by atoms with E-state index in [0.717, 1.165) is 47.5 Å². The summed E-state index contributed by atoms with van der Waals surface area (Å²) in [5, 5.41) is 0. The summed E-state index contributed by atoms with van der Waals surface area (Å²) >= 11 is 0. The first-order chi connectivity index (χ1) is 14.0. The van der Waals surface area contributed by atoms with Gasteiger partial charge in [0.1, 0.15) is 0 Å². The summed E-state index contributed by atoms with van der Waals surface area (Å²) < 4.78 is 0. The third kappa shape index (κ3) is 1.81. The van der Waals surface area contributed by atoms with Gasteiger partial charge in [0.05, 0.1) is 0 Å². The van der Waals surface area contributed by atoms with E-state index < -0.39 is 0 Å². The molecule has 5 fully saturated rings. The number of benzene rings is 1. The predicted molar refractivity (Wildman–Crippen MR) is 119 cm³/mol. The molecule has 0 amide bonds. The highest BCUT2D eigenvalue weighted by Crippen LogP contribution is 2.80. The van der Waals surface area contributed by atoms with E-state index in [9.17, 15) is 9.59 Å². The Morgan fingerprint density at radius 1 is 0.800 bits per heavy atom. The van der Waals surface area contributed by atoms with Crippen molar-refractivity contribution >= 4 is 23.7 Å². The number of hydrogen-bond donors (Lipinski definition) is 0. The van der Waals surface area contributed by atoms with E-state index >= 15 is 0 Å². The molecule has 5 saturated carbocycles. The van der Waals surface area contributed by atoms with Crippen LogP contribution in [0.5, 0.6) is 0 Å². The second kappa shape index (κ2) is 5.26. The van der Waals surface area contributed by atoms with Gasteiger partial charge in [-0.15, -0.1) is 0 Å². The lowest BCUT2D eigenvalue weighted by Gasteiger charge is -2.67. The molecule has 0 aliphatic heterocycles. The van der Waals surface area contributed by atoms with Crippen LogP contribution in [-0.4, -0.2) is 11.6 Å². The monoisotopic (exact) mass is 400 g/mol. The smallest absolute Gasteiger partial charge is 0.165 e. The molecule has 5 aliphatic carbocycles. The summed E-state index contributed by atoms with van der Waals surface area (Å²) in [6, 6.07) is 8.43. The summed E-state index contributed by atoms with van der Waals surface area (Å²) in [6.45, 7) is 11.2. The molecule has 2 bridgehead atoms. The first kappa shape index (κ1) is 18.8. The van der Waals surface area contributed by atoms with E-state index in [0.29, 0.717) is 23.4 Å². The predicted octanol–water partition coefficient (Wildman–Crippen LogP) is 6.11. The molecule has 30 heavy (non-hydrogen) atoms. The van der Waals surface area contributed by atoms with Crippen molar-refractivity contribution in [2.24, 2.45) is 39.4 Å². The number of rotatable bonds is 2. The molecule has 2 nitrogen and oxygen atoms in total. The van der Waals surface area contributed by atoms with Crippen LogP contribution >= 0.6 is 0 Å². The van der Waals surface area contributed by atoms with Crippen molar-refractivity contribution in [2.45, 2.75) is 60.3 Å². The molecule has 6 rings (SSSR count). The van der Waals surface area contributed by atoms with Gasteiger partial charge < -0.3 is 0 Å². The maximum atomic E-state index is 13.1. The second-order valence-corrected chi connectivity index (χ2v) is 12.0. The van der Waals surface area contributed by atoms with E-state index in [1.807, 2.05) is 0 Å². The minimum Gasteiger partial charge on any atom is -0.294 e. The van der Waals surface area contributed by atoms with Crippen LogP contribution < -0.4 is 0 Å². The zero-order valence-corrected chi connectivity index (χ0v) is 18.8. The summed E-state index contributed by atoms with van der Waals surface area (Å²) in [7, 11) is 0. The highest BCUT2D eigenvalue weighted by molar-refractivity contribution is 6.09. The van der Waals surface area contributed by atoms with Crippen LogP contribution in [0.1, 0.15) is 71.4 Å². The number of ketones is 2. The van der Waals surface area contributed by atoms with Crippen molar-refractivity contribution in [3.05, 3.63) is 46.5 Å². The molecular weight excluding hydrogens is 368 g/mol. The Morgan fingerprint density at radius 3 is 1.80 bits per heavy atom. The normalized spacial score (nSPS) is 47.6. The van der Waals surface area contributed by atoms with Gasteiger partial charge in [0.25, 0.3) is 0 Å². The molecular formula is C28H32O2. The average molecular weight is 401 g/mol. The number of fused-ring (bicyclic) bond motifs is 2. The van der Waals surface area contributed by atoms with E-state index in [1.54, 1.807) is 0 Å². The number of allylic oxidation sites excluding steroid dienone is 2. The van der Waals surface area contributed by atoms with Crippen molar-refractivity contribution in [3.63, 3.8) is 0 Å². The molecule has 0 radical (unpaired) electrons. The molecule has 2 heteroatoms. The summed E-state index contributed by atoms with van der Waals surface area (Å²) in [5.74, 6) is 2.31. The van der Waals surface area contributed by atoms with Crippen LogP contribution in [0.15, 0.2) is 35.4 Å². The summed E-state index contributed by atoms with van der Waals surface area (Å²) in [4.78, 5) is 26.2. The molecule has 0 heterocycles. The lowest BCUT2D eigenvalue weighted by Crippen LogP contribution is -2.63. The molecule has 6 unspecified atom stereocenters. The molecule has 0 aromatic heterocycles. The molecule has 1 aromatic carbocycles. The number of carbonyl (C=O) groups is 2. The Kier molecular flexibility index (Phi) is 3.29. The molecule has 0 saturated heterocycles. The van der Waals surface area contributed by atoms with E-state index in [2.05, 4.69) is 71.0 Å². The van der Waals surface area contributed by atoms with Crippen LogP contribution in [0.3, 0.4) is 0 Å². The first-order valence-electron chi connectivity index (χ1n) is 11.7. The van der Waals surface area contributed by atoms with Gasteiger partial charge >= 0.3 is 0 Å². The lowest BCUT2D eigenvalue weighted by molar-refractivity contribution is -0.198. The third-order valence-corrected chi connectivity index (χ3v) is 11.0. The zero-order chi connectivity index (χ0) is 21.3. The van der Waals surface area contributed by atoms with Gasteiger partial charge in [0.2, 0.25) is 0 Å². The number of carbonyl (C=O) groups excluding carboxylic acids is 2. The van der Waals surface area contributed by atoms with Crippen LogP contribution in [0.2, 0.25) is 0 Å². The highest BCUT2D eigenvalue weighted by Gasteiger charge is 2.78. The Labute approximate surface area is 179 Å². The second-order valence-electron chi connectivity index (χ2n) is 12.0. The standard InChI is InChI=1S/C28H32O2/c1-25(2)21-10-11-26(25,3)23(29)19(21)12-16-6-8-17(9-7-16)13-20-22-14-18-15-27(4,24(20)30)28(18,22)5/h6-9,12-13,18,21-22H,10-11,14-15H2,1-5H3. The zero-order valence-electron chi connectivity index (χ0n) is 18.8. The van der Waals surface area contributed by atoms with E-state index in [4.69, 9.17) is 0 Å². The van der Waals surface area contributed by atoms with Crippen molar-refractivity contribution in [2.75, 3.05) is 0 Å². The Hall–Kier alpha value is -1.96. The van der Waals surface area contributed by atoms with Crippen LogP contribution in [-0.2, 0) is 9.59 Å². The summed E-state index contributed by atoms with van der Waals surface area (Å²) in [6.07, 6.45) is 8.66. The van der Waals surface area contributed by atoms with Crippen LogP contribution in [0.25, 0.3) is 12.2 Å². The summed E-state index contributed by atoms with van der Waals surface area (Å²) in [5.41, 5.74) is 4.20. The fourth-order valence-corrected chi connectivity index (χ4v) is 8.18. The van der Waals surface area contributed by atoms with Crippen molar-refractivity contribution < 1.29 is 9.59 Å². The molecule has 0 spiro atoms. The lowest BCUT2D eigenvalue weighted by atomic mass is 9.36. The fourth-order valence-electron chi connectivity index (χ4n) is 8.18. The average Bonchev–Trinajstić information content (AvgIpc) is 2.99. The van der Waals surface area contributed by atoms with Gasteiger partial charge in [-0.3, -0.25) is 9.59 Å². The maximum absolute atomic E-state index is 13.1. The topological polar surface area (TPSA) is 34.1 Å². The van der Waals surface area contributed by atoms with E-state index in [-0.39, 0.29) is 21.7 Å². The van der Waals surface area contributed by atoms with Gasteiger partial charge in [-0.1, -0.05) is 58.9 Å². The van der Waals surface area contributed by atoms with Gasteiger partial charge in [0, 0.05) is 10.8 Å².